The molecule has 41 heavy (non-hydrogen) atoms. The molecule has 0 fully saturated rings. The normalized spacial score (nSPS) is 7.20. The average molecular weight is 1090 g/mol. The molecule has 0 aromatic heterocycles. The molecule has 7 N–H and O–H groups in total. The minimum atomic E-state index is -5.39. The van der Waals surface area contributed by atoms with Gasteiger partial charge in [-0.25, -0.2) is 0 Å². The zero-order valence-electron chi connectivity index (χ0n) is 15.8. The fourth-order valence-corrected chi connectivity index (χ4v) is 0. The fourth-order valence-electron chi connectivity index (χ4n) is 0. The first-order chi connectivity index (χ1) is 10.0. The monoisotopic (exact) mass is 1090 g/mol. The molecular formula is H23Ca14O22P5. The van der Waals surface area contributed by atoms with Gasteiger partial charge in [0, 0.05) is 0 Å². The van der Waals surface area contributed by atoms with E-state index in [1.807, 2.05) is 0 Å². The third-order valence-corrected chi connectivity index (χ3v) is 0. The SMILES string of the molecule is O.O.O=P([O-])([O-])O.O=P([O-])([O-])O.O=P([O-])([O-])O.O=P([O-])([O-])[O-].O=P([O-])([O-])[O-].[Ca+2].[Ca+2].[Ca+2].[Ca+2].[Ca+2].[Ca+2].[CaH2].[CaH2].[CaH2].[CaH2].[CaH2].[CaH2].[CaH2].[CaH2]. The Morgan fingerprint density at radius 3 is 0.293 bits per heavy atom. The van der Waals surface area contributed by atoms with Crippen LogP contribution in [0.25, 0.3) is 0 Å². The van der Waals surface area contributed by atoms with Gasteiger partial charge in [0.25, 0.3) is 0 Å². The second kappa shape index (κ2) is 81.9. The summed E-state index contributed by atoms with van der Waals surface area (Å²) >= 11 is 0. The van der Waals surface area contributed by atoms with Gasteiger partial charge >= 0.3 is 528 Å². The number of rotatable bonds is 0. The van der Waals surface area contributed by atoms with Crippen LogP contribution in [0.5, 0.6) is 0 Å². The van der Waals surface area contributed by atoms with Crippen molar-refractivity contribution in [1.82, 2.24) is 0 Å². The Balaban J connectivity index is -0.00000000585. The Kier molecular flexibility index (Phi) is 274. The van der Waals surface area contributed by atoms with E-state index in [0.717, 1.165) is 0 Å². The van der Waals surface area contributed by atoms with E-state index in [9.17, 15) is 0 Å². The second-order valence-electron chi connectivity index (χ2n) is 2.30. The Labute approximate surface area is 653 Å². The molecule has 0 rings (SSSR count). The molecule has 22 nitrogen and oxygen atoms in total. The van der Waals surface area contributed by atoms with Crippen LogP contribution in [0.1, 0.15) is 0 Å². The summed E-state index contributed by atoms with van der Waals surface area (Å²) in [5.74, 6) is 0. The van der Waals surface area contributed by atoms with Gasteiger partial charge in [0.1, 0.15) is 0 Å². The van der Waals surface area contributed by atoms with Crippen molar-refractivity contribution >= 4 is 567 Å². The molecule has 0 saturated heterocycles. The van der Waals surface area contributed by atoms with E-state index < -0.39 is 39.1 Å². The van der Waals surface area contributed by atoms with Crippen LogP contribution >= 0.6 is 39.1 Å². The summed E-state index contributed by atoms with van der Waals surface area (Å²) in [7, 11) is -26.2. The van der Waals surface area contributed by atoms with Gasteiger partial charge in [-0.3, -0.25) is 0 Å². The summed E-state index contributed by atoms with van der Waals surface area (Å²) in [6, 6.07) is 0. The van der Waals surface area contributed by atoms with Crippen LogP contribution in [-0.2, 0) is 22.8 Å². The van der Waals surface area contributed by atoms with E-state index in [2.05, 4.69) is 0 Å². The first-order valence-corrected chi connectivity index (χ1v) is 11.1. The Morgan fingerprint density at radius 2 is 0.293 bits per heavy atom. The summed E-state index contributed by atoms with van der Waals surface area (Å²) in [5.41, 5.74) is 0. The maximum absolute atomic E-state index is 8.66. The van der Waals surface area contributed by atoms with Gasteiger partial charge in [-0.05, 0) is 0 Å². The Bertz CT molecular complexity index is 404. The van der Waals surface area contributed by atoms with Crippen molar-refractivity contribution in [3.63, 3.8) is 0 Å². The first-order valence-electron chi connectivity index (χ1n) is 3.70. The molecule has 0 unspecified atom stereocenters. The third-order valence-electron chi connectivity index (χ3n) is 0. The van der Waals surface area contributed by atoms with Crippen molar-refractivity contribution in [3.8, 4) is 0 Å². The van der Waals surface area contributed by atoms with Crippen LogP contribution in [0.15, 0.2) is 0 Å². The Morgan fingerprint density at radius 1 is 0.293 bits per heavy atom. The zero-order valence-corrected chi connectivity index (χ0v) is 33.5. The van der Waals surface area contributed by atoms with Gasteiger partial charge in [0.2, 0.25) is 0 Å². The van der Waals surface area contributed by atoms with Crippen LogP contribution in [0.3, 0.4) is 0 Å². The van der Waals surface area contributed by atoms with Gasteiger partial charge in [-0.15, -0.1) is 0 Å². The number of phosphoric acid groups is 5. The van der Waals surface area contributed by atoms with Crippen molar-refractivity contribution < 1.29 is 107 Å². The standard InChI is InChI=1S/14Ca.5H3O4P.2H2O.16H/c;;;;;;;;;;;;;;5*1-5(2,3)4;;;;;;;;;;;;;;;;;;/h;;;;;;;;;;;;;;5*(H3,1,2,3,4);2*1H2;;;;;;;;;;;;;;;;/q;;;;;;;;6*+2;;;;;;;;;;;;;;;;;;;;;;;/p-12. The average Bonchev–Trinajstić information content (AvgIpc) is 1.79. The molecule has 0 spiro atoms. The predicted molar refractivity (Wildman–Crippen MR) is 155 cm³/mol. The molecule has 0 bridgehead atoms. The van der Waals surface area contributed by atoms with Crippen molar-refractivity contribution in [3.05, 3.63) is 0 Å². The summed E-state index contributed by atoms with van der Waals surface area (Å²) in [6.45, 7) is 0. The molecule has 0 amide bonds. The molecule has 0 atom stereocenters. The van der Waals surface area contributed by atoms with E-state index in [-0.39, 0.29) is 539 Å². The van der Waals surface area contributed by atoms with Gasteiger partial charge in [-0.2, -0.15) is 15.6 Å². The molecular weight excluding hydrogens is 1070 g/mol. The van der Waals surface area contributed by atoms with E-state index in [1.165, 1.54) is 0 Å². The summed E-state index contributed by atoms with van der Waals surface area (Å²) in [6.07, 6.45) is 0. The van der Waals surface area contributed by atoms with Crippen molar-refractivity contribution in [2.24, 2.45) is 0 Å². The van der Waals surface area contributed by atoms with Crippen molar-refractivity contribution in [2.75, 3.05) is 0 Å². The Hall–Kier alpha value is 18.1. The van der Waals surface area contributed by atoms with Crippen molar-refractivity contribution in [2.45, 2.75) is 0 Å². The van der Waals surface area contributed by atoms with E-state index >= 15 is 0 Å². The van der Waals surface area contributed by atoms with Crippen LogP contribution in [0.4, 0.5) is 0 Å². The molecule has 0 aliphatic carbocycles. The van der Waals surface area contributed by atoms with Gasteiger partial charge in [-0.1, -0.05) is 0 Å². The van der Waals surface area contributed by atoms with Crippen LogP contribution in [-0.4, -0.2) is 554 Å². The molecule has 0 saturated carbocycles. The molecule has 208 valence electrons. The molecule has 0 heterocycles. The maximum atomic E-state index is 8.66. The summed E-state index contributed by atoms with van der Waals surface area (Å²) < 4.78 is 43.1. The fraction of sp³-hybridized carbons (Fsp3) is 0. The van der Waals surface area contributed by atoms with E-state index in [1.54, 1.807) is 0 Å². The molecule has 0 aliphatic rings. The first kappa shape index (κ1) is 137. The molecule has 0 radical (unpaired) electrons. The summed E-state index contributed by atoms with van der Waals surface area (Å²) in [5, 5.41) is 0. The van der Waals surface area contributed by atoms with Crippen LogP contribution in [0, 0.1) is 0 Å². The summed E-state index contributed by atoms with van der Waals surface area (Å²) in [4.78, 5) is 124. The van der Waals surface area contributed by atoms with Gasteiger partial charge in [0.15, 0.2) is 0 Å². The van der Waals surface area contributed by atoms with Gasteiger partial charge < -0.3 is 107 Å². The van der Waals surface area contributed by atoms with Crippen molar-refractivity contribution in [1.29, 1.82) is 0 Å². The third kappa shape index (κ3) is 558. The van der Waals surface area contributed by atoms with Crippen LogP contribution < -0.4 is 58.7 Å². The molecule has 41 heteroatoms. The number of hydrogen-bond donors (Lipinski definition) is 3. The minimum absolute atomic E-state index is 0. The second-order valence-corrected chi connectivity index (χ2v) is 6.90. The molecule has 0 aliphatic heterocycles. The number of hydrogen-bond acceptors (Lipinski definition) is 17. The predicted octanol–water partition coefficient (Wildman–Crippen LogP) is -23.5. The molecule has 0 aromatic rings. The van der Waals surface area contributed by atoms with Gasteiger partial charge in [0.05, 0.1) is 23.5 Å². The topological polar surface area (TPSA) is 486 Å². The van der Waals surface area contributed by atoms with E-state index in [4.69, 9.17) is 96.2 Å². The van der Waals surface area contributed by atoms with Crippen LogP contribution in [0.2, 0.25) is 0 Å². The zero-order chi connectivity index (χ0) is 22.5. The molecule has 0 aromatic carbocycles. The quantitative estimate of drug-likeness (QED) is 0.150. The van der Waals surface area contributed by atoms with E-state index in [0.29, 0.717) is 0 Å².